The molecule has 3 aromatic rings. The van der Waals surface area contributed by atoms with E-state index in [4.69, 9.17) is 14.7 Å². The van der Waals surface area contributed by atoms with E-state index in [0.717, 1.165) is 60.7 Å². The summed E-state index contributed by atoms with van der Waals surface area (Å²) in [4.78, 5) is 28.5. The molecule has 0 radical (unpaired) electrons. The number of piperazine rings is 1. The van der Waals surface area contributed by atoms with Crippen molar-refractivity contribution in [1.82, 2.24) is 20.2 Å². The highest BCUT2D eigenvalue weighted by atomic mass is 19.1. The van der Waals surface area contributed by atoms with Crippen molar-refractivity contribution in [2.45, 2.75) is 24.8 Å². The van der Waals surface area contributed by atoms with Gasteiger partial charge in [-0.15, -0.1) is 0 Å². The summed E-state index contributed by atoms with van der Waals surface area (Å²) in [5, 5.41) is 3.96. The fourth-order valence-corrected chi connectivity index (χ4v) is 5.95. The minimum Gasteiger partial charge on any atom is -0.494 e. The number of nitrogens with one attached hydrogen (secondary N) is 1. The Hall–Kier alpha value is -3.46. The van der Waals surface area contributed by atoms with Crippen molar-refractivity contribution in [1.29, 1.82) is 0 Å². The Kier molecular flexibility index (Phi) is 5.67. The summed E-state index contributed by atoms with van der Waals surface area (Å²) in [6, 6.07) is 9.29. The van der Waals surface area contributed by atoms with Gasteiger partial charge in [-0.05, 0) is 50.6 Å². The summed E-state index contributed by atoms with van der Waals surface area (Å²) in [7, 11) is 3.44. The molecule has 9 heteroatoms. The molecule has 0 bridgehead atoms. The molecule has 1 amide bonds. The molecule has 6 rings (SSSR count). The van der Waals surface area contributed by atoms with Gasteiger partial charge in [-0.25, -0.2) is 14.4 Å². The topological polar surface area (TPSA) is 73.8 Å². The van der Waals surface area contributed by atoms with E-state index in [2.05, 4.69) is 32.1 Å². The van der Waals surface area contributed by atoms with Gasteiger partial charge in [0.2, 0.25) is 5.91 Å². The van der Waals surface area contributed by atoms with Crippen molar-refractivity contribution >= 4 is 28.3 Å². The van der Waals surface area contributed by atoms with Crippen LogP contribution in [0.2, 0.25) is 0 Å². The molecular formula is C27H31FN6O2. The van der Waals surface area contributed by atoms with Crippen molar-refractivity contribution in [3.63, 3.8) is 0 Å². The zero-order valence-electron chi connectivity index (χ0n) is 20.8. The number of carbonyl (C=O) groups excluding carboxylic acids is 1. The summed E-state index contributed by atoms with van der Waals surface area (Å²) in [5.41, 5.74) is 2.93. The van der Waals surface area contributed by atoms with Crippen molar-refractivity contribution in [3.05, 3.63) is 42.3 Å². The number of anilines is 2. The Morgan fingerprint density at radius 3 is 2.64 bits per heavy atom. The zero-order valence-corrected chi connectivity index (χ0v) is 20.8. The zero-order chi connectivity index (χ0) is 24.9. The van der Waals surface area contributed by atoms with Gasteiger partial charge in [0, 0.05) is 61.6 Å². The number of ether oxygens (including phenoxy) is 1. The molecule has 36 heavy (non-hydrogen) atoms. The predicted octanol–water partition coefficient (Wildman–Crippen LogP) is 3.06. The van der Waals surface area contributed by atoms with Crippen LogP contribution in [0.3, 0.4) is 0 Å². The Labute approximate surface area is 210 Å². The van der Waals surface area contributed by atoms with Gasteiger partial charge in [0.25, 0.3) is 0 Å². The minimum absolute atomic E-state index is 0.0471. The maximum atomic E-state index is 14.8. The second-order valence-electron chi connectivity index (χ2n) is 10.3. The number of nitrogens with zero attached hydrogens (tertiary/aromatic N) is 5. The lowest BCUT2D eigenvalue weighted by molar-refractivity contribution is -0.126. The molecule has 1 aromatic carbocycles. The first-order valence-corrected chi connectivity index (χ1v) is 12.6. The SMILES string of the molecule is COc1cc2nc(-c3ccc(N4CCCC4)nc3)cc(N3CCC4(CN(C)CC(=O)N4)C3)c2cc1F. The molecule has 1 atom stereocenters. The predicted molar refractivity (Wildman–Crippen MR) is 138 cm³/mol. The molecule has 3 saturated heterocycles. The van der Waals surface area contributed by atoms with Gasteiger partial charge in [-0.1, -0.05) is 0 Å². The van der Waals surface area contributed by atoms with E-state index >= 15 is 0 Å². The third-order valence-electron chi connectivity index (χ3n) is 7.62. The number of hydrogen-bond donors (Lipinski definition) is 1. The first kappa shape index (κ1) is 23.0. The Bertz CT molecular complexity index is 1310. The molecule has 0 aliphatic carbocycles. The van der Waals surface area contributed by atoms with Crippen LogP contribution in [0.5, 0.6) is 5.75 Å². The third-order valence-corrected chi connectivity index (χ3v) is 7.62. The minimum atomic E-state index is -0.419. The highest BCUT2D eigenvalue weighted by molar-refractivity contribution is 5.95. The normalized spacial score (nSPS) is 22.6. The molecule has 5 heterocycles. The molecule has 1 N–H and O–H groups in total. The largest absolute Gasteiger partial charge is 0.494 e. The number of rotatable bonds is 4. The summed E-state index contributed by atoms with van der Waals surface area (Å²) >= 11 is 0. The molecule has 3 aliphatic rings. The number of aromatic nitrogens is 2. The molecule has 1 spiro atoms. The number of benzene rings is 1. The van der Waals surface area contributed by atoms with Gasteiger partial charge < -0.3 is 19.9 Å². The lowest BCUT2D eigenvalue weighted by atomic mass is 9.95. The number of fused-ring (bicyclic) bond motifs is 1. The second-order valence-corrected chi connectivity index (χ2v) is 10.3. The summed E-state index contributed by atoms with van der Waals surface area (Å²) in [6.45, 7) is 4.69. The van der Waals surface area contributed by atoms with E-state index in [1.807, 2.05) is 19.3 Å². The van der Waals surface area contributed by atoms with Crippen LogP contribution in [0.1, 0.15) is 19.3 Å². The molecule has 3 aliphatic heterocycles. The Balaban J connectivity index is 1.40. The average Bonchev–Trinajstić information content (AvgIpc) is 3.53. The van der Waals surface area contributed by atoms with Crippen LogP contribution in [-0.2, 0) is 4.79 Å². The molecule has 188 valence electrons. The van der Waals surface area contributed by atoms with Crippen LogP contribution in [0, 0.1) is 5.82 Å². The van der Waals surface area contributed by atoms with E-state index in [1.54, 1.807) is 6.07 Å². The fourth-order valence-electron chi connectivity index (χ4n) is 5.95. The molecule has 1 unspecified atom stereocenters. The molecule has 2 aromatic heterocycles. The van der Waals surface area contributed by atoms with E-state index < -0.39 is 5.82 Å². The second kappa shape index (κ2) is 8.89. The molecule has 8 nitrogen and oxygen atoms in total. The van der Waals surface area contributed by atoms with Gasteiger partial charge in [-0.2, -0.15) is 0 Å². The molecule has 0 saturated carbocycles. The standard InChI is InChI=1S/C27H31FN6O2/c1-32-15-26(35)31-27(16-32)7-10-34(17-27)23-12-21(30-22-13-24(36-2)20(28)11-19(22)23)18-5-6-25(29-14-18)33-8-3-4-9-33/h5-6,11-14H,3-4,7-10,15-17H2,1-2H3,(H,31,35). The number of carbonyl (C=O) groups is 1. The van der Waals surface area contributed by atoms with Crippen molar-refractivity contribution in [2.24, 2.45) is 0 Å². The van der Waals surface area contributed by atoms with Gasteiger partial charge in [0.05, 0.1) is 30.4 Å². The van der Waals surface area contributed by atoms with E-state index in [9.17, 15) is 9.18 Å². The van der Waals surface area contributed by atoms with Crippen molar-refractivity contribution in [2.75, 3.05) is 63.2 Å². The van der Waals surface area contributed by atoms with Crippen LogP contribution in [0.15, 0.2) is 36.5 Å². The highest BCUT2D eigenvalue weighted by Crippen LogP contribution is 2.38. The van der Waals surface area contributed by atoms with Gasteiger partial charge in [-0.3, -0.25) is 9.69 Å². The van der Waals surface area contributed by atoms with Crippen LogP contribution in [0.4, 0.5) is 15.9 Å². The summed E-state index contributed by atoms with van der Waals surface area (Å²) in [6.07, 6.45) is 5.09. The summed E-state index contributed by atoms with van der Waals surface area (Å²) < 4.78 is 20.1. The smallest absolute Gasteiger partial charge is 0.234 e. The van der Waals surface area contributed by atoms with Crippen molar-refractivity contribution in [3.8, 4) is 17.0 Å². The Morgan fingerprint density at radius 1 is 1.08 bits per heavy atom. The lowest BCUT2D eigenvalue weighted by Gasteiger charge is -2.39. The van der Waals surface area contributed by atoms with Gasteiger partial charge in [0.1, 0.15) is 5.82 Å². The highest BCUT2D eigenvalue weighted by Gasteiger charge is 2.43. The van der Waals surface area contributed by atoms with E-state index in [1.165, 1.54) is 26.0 Å². The number of likely N-dealkylation sites (N-methyl/N-ethyl adjacent to an activating group) is 1. The van der Waals surface area contributed by atoms with E-state index in [0.29, 0.717) is 18.6 Å². The molecular weight excluding hydrogens is 459 g/mol. The number of hydrogen-bond acceptors (Lipinski definition) is 7. The average molecular weight is 491 g/mol. The number of halogens is 1. The molecule has 3 fully saturated rings. The first-order valence-electron chi connectivity index (χ1n) is 12.6. The monoisotopic (exact) mass is 490 g/mol. The maximum absolute atomic E-state index is 14.8. The van der Waals surface area contributed by atoms with Gasteiger partial charge >= 0.3 is 0 Å². The van der Waals surface area contributed by atoms with Crippen molar-refractivity contribution < 1.29 is 13.9 Å². The quantitative estimate of drug-likeness (QED) is 0.603. The number of methoxy groups -OCH3 is 1. The summed E-state index contributed by atoms with van der Waals surface area (Å²) in [5.74, 6) is 0.780. The lowest BCUT2D eigenvalue weighted by Crippen LogP contribution is -2.63. The van der Waals surface area contributed by atoms with Crippen LogP contribution < -0.4 is 19.9 Å². The third kappa shape index (κ3) is 4.11. The van der Waals surface area contributed by atoms with Crippen LogP contribution in [-0.4, -0.2) is 79.7 Å². The fraction of sp³-hybridized carbons (Fsp3) is 0.444. The maximum Gasteiger partial charge on any atom is 0.234 e. The number of pyridine rings is 2. The number of amides is 1. The van der Waals surface area contributed by atoms with Gasteiger partial charge in [0.15, 0.2) is 11.6 Å². The van der Waals surface area contributed by atoms with Crippen LogP contribution >= 0.6 is 0 Å². The van der Waals surface area contributed by atoms with Crippen LogP contribution in [0.25, 0.3) is 22.2 Å². The van der Waals surface area contributed by atoms with E-state index in [-0.39, 0.29) is 17.2 Å². The first-order chi connectivity index (χ1) is 17.4. The Morgan fingerprint density at radius 2 is 1.92 bits per heavy atom.